The predicted molar refractivity (Wildman–Crippen MR) is 79.2 cm³/mol. The zero-order valence-electron chi connectivity index (χ0n) is 11.1. The van der Waals surface area contributed by atoms with Crippen molar-refractivity contribution in [3.63, 3.8) is 0 Å². The van der Waals surface area contributed by atoms with Crippen LogP contribution in [0, 0.1) is 5.82 Å². The third-order valence-electron chi connectivity index (χ3n) is 3.35. The number of alkyl halides is 3. The Balaban J connectivity index is 0.00000220. The molecule has 1 atom stereocenters. The maximum Gasteiger partial charge on any atom is 0.390 e. The van der Waals surface area contributed by atoms with E-state index >= 15 is 0 Å². The minimum Gasteiger partial charge on any atom is -0.314 e. The highest BCUT2D eigenvalue weighted by Gasteiger charge is 2.36. The molecule has 1 saturated heterocycles. The third kappa shape index (κ3) is 5.39. The van der Waals surface area contributed by atoms with Crippen LogP contribution in [0.15, 0.2) is 22.7 Å². The summed E-state index contributed by atoms with van der Waals surface area (Å²) in [5, 5.41) is 3.11. The number of hydrogen-bond acceptors (Lipinski definition) is 2. The SMILES string of the molecule is Cl.Fc1ccc([C@H](CC(F)(F)F)N2CCNCC2)cc1Br. The number of halogens is 6. The van der Waals surface area contributed by atoms with Gasteiger partial charge in [-0.3, -0.25) is 4.90 Å². The number of benzene rings is 1. The maximum atomic E-state index is 13.2. The van der Waals surface area contributed by atoms with Crippen LogP contribution in [0.4, 0.5) is 17.6 Å². The molecule has 0 unspecified atom stereocenters. The normalized spacial score (nSPS) is 18.1. The average Bonchev–Trinajstić information content (AvgIpc) is 2.39. The van der Waals surface area contributed by atoms with E-state index < -0.39 is 24.5 Å². The van der Waals surface area contributed by atoms with Crippen LogP contribution in [-0.4, -0.2) is 37.3 Å². The second kappa shape index (κ2) is 7.76. The maximum absolute atomic E-state index is 13.2. The van der Waals surface area contributed by atoms with Gasteiger partial charge in [-0.25, -0.2) is 4.39 Å². The van der Waals surface area contributed by atoms with Crippen LogP contribution >= 0.6 is 28.3 Å². The molecule has 0 spiro atoms. The lowest BCUT2D eigenvalue weighted by molar-refractivity contribution is -0.148. The predicted octanol–water partition coefficient (Wildman–Crippen LogP) is 3.91. The monoisotopic (exact) mass is 390 g/mol. The molecule has 1 aromatic carbocycles. The van der Waals surface area contributed by atoms with E-state index in [0.717, 1.165) is 0 Å². The van der Waals surface area contributed by atoms with Crippen molar-refractivity contribution >= 4 is 28.3 Å². The van der Waals surface area contributed by atoms with Gasteiger partial charge in [-0.15, -0.1) is 12.4 Å². The molecule has 2 rings (SSSR count). The fourth-order valence-corrected chi connectivity index (χ4v) is 2.79. The molecular formula is C13H16BrClF4N2. The number of hydrogen-bond donors (Lipinski definition) is 1. The zero-order valence-corrected chi connectivity index (χ0v) is 13.5. The Morgan fingerprint density at radius 3 is 2.38 bits per heavy atom. The molecule has 0 radical (unpaired) electrons. The van der Waals surface area contributed by atoms with Gasteiger partial charge in [0.25, 0.3) is 0 Å². The van der Waals surface area contributed by atoms with E-state index in [-0.39, 0.29) is 16.9 Å². The highest BCUT2D eigenvalue weighted by molar-refractivity contribution is 9.10. The first-order valence-corrected chi connectivity index (χ1v) is 7.12. The minimum atomic E-state index is -4.25. The lowest BCUT2D eigenvalue weighted by atomic mass is 10.0. The third-order valence-corrected chi connectivity index (χ3v) is 3.95. The molecule has 1 N–H and O–H groups in total. The molecule has 1 aliphatic rings. The smallest absolute Gasteiger partial charge is 0.314 e. The summed E-state index contributed by atoms with van der Waals surface area (Å²) in [7, 11) is 0. The van der Waals surface area contributed by atoms with Crippen molar-refractivity contribution in [2.75, 3.05) is 26.2 Å². The summed E-state index contributed by atoms with van der Waals surface area (Å²) in [5.74, 6) is -0.472. The zero-order chi connectivity index (χ0) is 14.8. The Labute approximate surface area is 135 Å². The fourth-order valence-electron chi connectivity index (χ4n) is 2.39. The van der Waals surface area contributed by atoms with Gasteiger partial charge >= 0.3 is 6.18 Å². The van der Waals surface area contributed by atoms with Crippen molar-refractivity contribution in [2.45, 2.75) is 18.6 Å². The standard InChI is InChI=1S/C13H15BrF4N2.ClH/c14-10-7-9(1-2-11(10)15)12(8-13(16,17)18)20-5-3-19-4-6-20;/h1-2,7,12,19H,3-6,8H2;1H/t12-;/m0./s1. The van der Waals surface area contributed by atoms with Crippen molar-refractivity contribution in [1.82, 2.24) is 10.2 Å². The summed E-state index contributed by atoms with van der Waals surface area (Å²) in [6, 6.07) is 3.30. The Kier molecular flexibility index (Phi) is 6.90. The van der Waals surface area contributed by atoms with Crippen molar-refractivity contribution in [2.24, 2.45) is 0 Å². The van der Waals surface area contributed by atoms with Gasteiger partial charge in [0.2, 0.25) is 0 Å². The van der Waals surface area contributed by atoms with Crippen LogP contribution in [0.5, 0.6) is 0 Å². The first-order chi connectivity index (χ1) is 9.37. The van der Waals surface area contributed by atoms with Gasteiger partial charge in [-0.2, -0.15) is 13.2 Å². The van der Waals surface area contributed by atoms with E-state index in [0.29, 0.717) is 31.7 Å². The van der Waals surface area contributed by atoms with Crippen molar-refractivity contribution in [1.29, 1.82) is 0 Å². The number of rotatable bonds is 3. The molecule has 21 heavy (non-hydrogen) atoms. The van der Waals surface area contributed by atoms with Gasteiger partial charge < -0.3 is 5.32 Å². The molecule has 0 amide bonds. The molecule has 2 nitrogen and oxygen atoms in total. The van der Waals surface area contributed by atoms with Crippen molar-refractivity contribution < 1.29 is 17.6 Å². The van der Waals surface area contributed by atoms with Crippen LogP contribution in [0.1, 0.15) is 18.0 Å². The van der Waals surface area contributed by atoms with Crippen molar-refractivity contribution in [3.8, 4) is 0 Å². The van der Waals surface area contributed by atoms with Crippen LogP contribution < -0.4 is 5.32 Å². The molecule has 1 aromatic rings. The summed E-state index contributed by atoms with van der Waals surface area (Å²) in [6.07, 6.45) is -5.18. The highest BCUT2D eigenvalue weighted by atomic mass is 79.9. The Morgan fingerprint density at radius 1 is 1.24 bits per heavy atom. The molecular weight excluding hydrogens is 376 g/mol. The van der Waals surface area contributed by atoms with E-state index in [2.05, 4.69) is 21.2 Å². The second-order valence-electron chi connectivity index (χ2n) is 4.79. The molecule has 1 fully saturated rings. The van der Waals surface area contributed by atoms with Gasteiger partial charge in [0.1, 0.15) is 5.82 Å². The Hall–Kier alpha value is -0.370. The highest BCUT2D eigenvalue weighted by Crippen LogP contribution is 2.35. The summed E-state index contributed by atoms with van der Waals surface area (Å²) < 4.78 is 51.8. The minimum absolute atomic E-state index is 0. The lowest BCUT2D eigenvalue weighted by Crippen LogP contribution is -2.46. The van der Waals surface area contributed by atoms with Gasteiger partial charge in [0.05, 0.1) is 10.9 Å². The number of piperazine rings is 1. The summed E-state index contributed by atoms with van der Waals surface area (Å²) in [5.41, 5.74) is 0.484. The van der Waals surface area contributed by atoms with Crippen LogP contribution in [0.3, 0.4) is 0 Å². The molecule has 0 bridgehead atoms. The van der Waals surface area contributed by atoms with Crippen LogP contribution in [-0.2, 0) is 0 Å². The van der Waals surface area contributed by atoms with E-state index in [1.807, 2.05) is 0 Å². The van der Waals surface area contributed by atoms with Gasteiger partial charge in [-0.05, 0) is 33.6 Å². The molecule has 0 aromatic heterocycles. The summed E-state index contributed by atoms with van der Waals surface area (Å²) in [4.78, 5) is 1.80. The number of nitrogens with zero attached hydrogens (tertiary/aromatic N) is 1. The first kappa shape index (κ1) is 18.7. The van der Waals surface area contributed by atoms with Crippen LogP contribution in [0.2, 0.25) is 0 Å². The fraction of sp³-hybridized carbons (Fsp3) is 0.538. The van der Waals surface area contributed by atoms with E-state index in [4.69, 9.17) is 0 Å². The molecule has 8 heteroatoms. The molecule has 120 valence electrons. The first-order valence-electron chi connectivity index (χ1n) is 6.33. The summed E-state index contributed by atoms with van der Waals surface area (Å²) in [6.45, 7) is 2.43. The summed E-state index contributed by atoms with van der Waals surface area (Å²) >= 11 is 3.03. The largest absolute Gasteiger partial charge is 0.390 e. The van der Waals surface area contributed by atoms with Gasteiger partial charge in [0, 0.05) is 32.2 Å². The Bertz CT molecular complexity index is 464. The van der Waals surface area contributed by atoms with E-state index in [1.54, 1.807) is 4.90 Å². The molecule has 1 heterocycles. The quantitative estimate of drug-likeness (QED) is 0.786. The van der Waals surface area contributed by atoms with Gasteiger partial charge in [-0.1, -0.05) is 6.07 Å². The molecule has 1 aliphatic heterocycles. The van der Waals surface area contributed by atoms with Crippen molar-refractivity contribution in [3.05, 3.63) is 34.1 Å². The van der Waals surface area contributed by atoms with Crippen LogP contribution in [0.25, 0.3) is 0 Å². The second-order valence-corrected chi connectivity index (χ2v) is 5.65. The van der Waals surface area contributed by atoms with E-state index in [9.17, 15) is 17.6 Å². The lowest BCUT2D eigenvalue weighted by Gasteiger charge is -2.35. The van der Waals surface area contributed by atoms with E-state index in [1.165, 1.54) is 18.2 Å². The molecule has 0 saturated carbocycles. The molecule has 0 aliphatic carbocycles. The van der Waals surface area contributed by atoms with Gasteiger partial charge in [0.15, 0.2) is 0 Å². The average molecular weight is 392 g/mol. The topological polar surface area (TPSA) is 15.3 Å². The Morgan fingerprint density at radius 2 is 1.86 bits per heavy atom. The number of nitrogens with one attached hydrogen (secondary N) is 1.